The van der Waals surface area contributed by atoms with Crippen LogP contribution < -0.4 is 11.1 Å². The molecule has 1 atom stereocenters. The molecule has 0 bridgehead atoms. The highest BCUT2D eigenvalue weighted by Gasteiger charge is 2.20. The summed E-state index contributed by atoms with van der Waals surface area (Å²) in [5.41, 5.74) is 7.76. The predicted molar refractivity (Wildman–Crippen MR) is 85.8 cm³/mol. The lowest BCUT2D eigenvalue weighted by Gasteiger charge is -2.16. The minimum Gasteiger partial charge on any atom is -0.339 e. The minimum absolute atomic E-state index is 0. The van der Waals surface area contributed by atoms with Gasteiger partial charge in [-0.25, -0.2) is 0 Å². The predicted octanol–water partition coefficient (Wildman–Crippen LogP) is 1.94. The summed E-state index contributed by atoms with van der Waals surface area (Å²) in [5.74, 6) is -0.164. The van der Waals surface area contributed by atoms with Crippen LogP contribution in [0.3, 0.4) is 0 Å². The molecule has 1 saturated heterocycles. The summed E-state index contributed by atoms with van der Waals surface area (Å²) in [5, 5.41) is 2.76. The molecule has 0 saturated carbocycles. The van der Waals surface area contributed by atoms with E-state index < -0.39 is 6.04 Å². The van der Waals surface area contributed by atoms with Crippen molar-refractivity contribution in [3.63, 3.8) is 0 Å². The Morgan fingerprint density at radius 1 is 1.29 bits per heavy atom. The maximum absolute atomic E-state index is 12.3. The van der Waals surface area contributed by atoms with E-state index in [9.17, 15) is 9.59 Å². The Hall–Kier alpha value is -1.59. The number of benzene rings is 1. The number of rotatable bonds is 3. The first kappa shape index (κ1) is 17.5. The van der Waals surface area contributed by atoms with Crippen LogP contribution in [0.5, 0.6) is 0 Å². The van der Waals surface area contributed by atoms with Crippen molar-refractivity contribution in [1.29, 1.82) is 0 Å². The Morgan fingerprint density at radius 3 is 2.43 bits per heavy atom. The first-order chi connectivity index (χ1) is 9.49. The summed E-state index contributed by atoms with van der Waals surface area (Å²) in [6, 6.07) is 4.78. The zero-order valence-electron chi connectivity index (χ0n) is 12.4. The van der Waals surface area contributed by atoms with Gasteiger partial charge in [0.1, 0.15) is 0 Å². The topological polar surface area (TPSA) is 75.4 Å². The van der Waals surface area contributed by atoms with E-state index in [1.807, 2.05) is 17.9 Å². The first-order valence-electron chi connectivity index (χ1n) is 6.95. The third-order valence-corrected chi connectivity index (χ3v) is 3.54. The Morgan fingerprint density at radius 2 is 1.90 bits per heavy atom. The number of nitrogens with one attached hydrogen (secondary N) is 1. The van der Waals surface area contributed by atoms with E-state index in [0.29, 0.717) is 11.3 Å². The molecule has 0 aliphatic carbocycles. The summed E-state index contributed by atoms with van der Waals surface area (Å²) in [6.07, 6.45) is 2.15. The monoisotopic (exact) mass is 311 g/mol. The molecule has 1 aliphatic heterocycles. The van der Waals surface area contributed by atoms with Crippen molar-refractivity contribution in [2.75, 3.05) is 18.4 Å². The highest BCUT2D eigenvalue weighted by molar-refractivity contribution is 5.97. The number of aryl methyl sites for hydroxylation is 1. The minimum atomic E-state index is -0.555. The van der Waals surface area contributed by atoms with E-state index in [4.69, 9.17) is 5.73 Å². The van der Waals surface area contributed by atoms with E-state index in [-0.39, 0.29) is 24.2 Å². The summed E-state index contributed by atoms with van der Waals surface area (Å²) < 4.78 is 0. The fourth-order valence-electron chi connectivity index (χ4n) is 2.29. The van der Waals surface area contributed by atoms with Crippen molar-refractivity contribution in [3.8, 4) is 0 Å². The lowest BCUT2D eigenvalue weighted by molar-refractivity contribution is -0.117. The first-order valence-corrected chi connectivity index (χ1v) is 6.95. The molecule has 1 aromatic carbocycles. The number of carbonyl (C=O) groups is 2. The maximum atomic E-state index is 12.3. The fraction of sp³-hybridized carbons (Fsp3) is 0.467. The van der Waals surface area contributed by atoms with Crippen LogP contribution in [0.15, 0.2) is 18.2 Å². The van der Waals surface area contributed by atoms with Crippen molar-refractivity contribution in [1.82, 2.24) is 4.90 Å². The van der Waals surface area contributed by atoms with Gasteiger partial charge in [0, 0.05) is 24.3 Å². The van der Waals surface area contributed by atoms with Crippen LogP contribution in [0.1, 0.15) is 35.7 Å². The Labute approximate surface area is 131 Å². The molecule has 1 heterocycles. The van der Waals surface area contributed by atoms with Gasteiger partial charge in [0.15, 0.2) is 0 Å². The van der Waals surface area contributed by atoms with Gasteiger partial charge in [-0.3, -0.25) is 9.59 Å². The number of nitrogens with zero attached hydrogens (tertiary/aromatic N) is 1. The molecule has 2 rings (SSSR count). The van der Waals surface area contributed by atoms with Gasteiger partial charge in [0.05, 0.1) is 6.04 Å². The Bertz CT molecular complexity index is 526. The number of carbonyl (C=O) groups excluding carboxylic acids is 2. The lowest BCUT2D eigenvalue weighted by Crippen LogP contribution is -2.32. The van der Waals surface area contributed by atoms with E-state index in [2.05, 4.69) is 5.32 Å². The molecule has 1 aliphatic rings. The average molecular weight is 312 g/mol. The van der Waals surface area contributed by atoms with Crippen LogP contribution in [-0.2, 0) is 4.79 Å². The highest BCUT2D eigenvalue weighted by Crippen LogP contribution is 2.19. The fourth-order valence-corrected chi connectivity index (χ4v) is 2.29. The number of anilines is 1. The molecule has 116 valence electrons. The molecule has 21 heavy (non-hydrogen) atoms. The largest absolute Gasteiger partial charge is 0.339 e. The summed E-state index contributed by atoms with van der Waals surface area (Å²) >= 11 is 0. The van der Waals surface area contributed by atoms with Gasteiger partial charge in [0.2, 0.25) is 5.91 Å². The van der Waals surface area contributed by atoms with E-state index in [0.717, 1.165) is 31.5 Å². The van der Waals surface area contributed by atoms with Crippen molar-refractivity contribution in [2.45, 2.75) is 32.7 Å². The molecule has 2 amide bonds. The number of halogens is 1. The molecule has 6 heteroatoms. The molecule has 0 spiro atoms. The molecule has 1 fully saturated rings. The molecular weight excluding hydrogens is 290 g/mol. The number of hydrogen-bond donors (Lipinski definition) is 2. The second kappa shape index (κ2) is 7.43. The lowest BCUT2D eigenvalue weighted by atomic mass is 10.1. The van der Waals surface area contributed by atoms with Gasteiger partial charge in [-0.2, -0.15) is 0 Å². The van der Waals surface area contributed by atoms with Gasteiger partial charge in [-0.15, -0.1) is 12.4 Å². The summed E-state index contributed by atoms with van der Waals surface area (Å²) in [4.78, 5) is 25.7. The quantitative estimate of drug-likeness (QED) is 0.895. The van der Waals surface area contributed by atoms with Crippen molar-refractivity contribution in [2.24, 2.45) is 5.73 Å². The summed E-state index contributed by atoms with van der Waals surface area (Å²) in [6.45, 7) is 5.18. The van der Waals surface area contributed by atoms with Gasteiger partial charge < -0.3 is 16.0 Å². The van der Waals surface area contributed by atoms with E-state index >= 15 is 0 Å². The second-order valence-electron chi connectivity index (χ2n) is 5.31. The number of amides is 2. The number of nitrogens with two attached hydrogens (primary N) is 1. The van der Waals surface area contributed by atoms with Gasteiger partial charge in [0.25, 0.3) is 5.91 Å². The molecule has 5 nitrogen and oxygen atoms in total. The van der Waals surface area contributed by atoms with Crippen LogP contribution in [0, 0.1) is 6.92 Å². The van der Waals surface area contributed by atoms with Crippen molar-refractivity contribution in [3.05, 3.63) is 29.3 Å². The Balaban J connectivity index is 0.00000220. The third kappa shape index (κ3) is 4.19. The SMILES string of the molecule is Cc1cc(C(=O)N2CCCC2)ccc1NC(=O)[C@@H](C)N.Cl. The standard InChI is InChI=1S/C15H21N3O2.ClH/c1-10-9-12(15(20)18-7-3-4-8-18)5-6-13(10)17-14(19)11(2)16;/h5-6,9,11H,3-4,7-8,16H2,1-2H3,(H,17,19);1H/t11-;/m1./s1. The van der Waals surface area contributed by atoms with Gasteiger partial charge >= 0.3 is 0 Å². The second-order valence-corrected chi connectivity index (χ2v) is 5.31. The van der Waals surface area contributed by atoms with Crippen molar-refractivity contribution < 1.29 is 9.59 Å². The van der Waals surface area contributed by atoms with Crippen LogP contribution >= 0.6 is 12.4 Å². The zero-order chi connectivity index (χ0) is 14.7. The maximum Gasteiger partial charge on any atom is 0.253 e. The van der Waals surface area contributed by atoms with Crippen LogP contribution in [0.25, 0.3) is 0 Å². The van der Waals surface area contributed by atoms with E-state index in [1.54, 1.807) is 19.1 Å². The normalized spacial score (nSPS) is 15.3. The van der Waals surface area contributed by atoms with Crippen LogP contribution in [0.2, 0.25) is 0 Å². The summed E-state index contributed by atoms with van der Waals surface area (Å²) in [7, 11) is 0. The molecule has 0 radical (unpaired) electrons. The third-order valence-electron chi connectivity index (χ3n) is 3.54. The molecule has 0 unspecified atom stereocenters. The van der Waals surface area contributed by atoms with E-state index in [1.165, 1.54) is 0 Å². The average Bonchev–Trinajstić information content (AvgIpc) is 2.94. The Kier molecular flexibility index (Phi) is 6.18. The smallest absolute Gasteiger partial charge is 0.253 e. The van der Waals surface area contributed by atoms with Crippen molar-refractivity contribution >= 4 is 29.9 Å². The van der Waals surface area contributed by atoms with Gasteiger partial charge in [-0.05, 0) is 50.5 Å². The number of hydrogen-bond acceptors (Lipinski definition) is 3. The van der Waals surface area contributed by atoms with Crippen LogP contribution in [-0.4, -0.2) is 35.8 Å². The molecule has 1 aromatic rings. The molecular formula is C15H22ClN3O2. The molecule has 3 N–H and O–H groups in total. The van der Waals surface area contributed by atoms with Gasteiger partial charge in [-0.1, -0.05) is 0 Å². The van der Waals surface area contributed by atoms with Crippen LogP contribution in [0.4, 0.5) is 5.69 Å². The highest BCUT2D eigenvalue weighted by atomic mass is 35.5. The molecule has 0 aromatic heterocycles. The zero-order valence-corrected chi connectivity index (χ0v) is 13.2. The number of likely N-dealkylation sites (tertiary alicyclic amines) is 1.